The first-order valence-corrected chi connectivity index (χ1v) is 7.97. The fourth-order valence-electron chi connectivity index (χ4n) is 2.94. The Balaban J connectivity index is 2.24. The van der Waals surface area contributed by atoms with E-state index in [1.165, 1.54) is 0 Å². The first-order valence-electron chi connectivity index (χ1n) is 7.18. The molecule has 0 aliphatic carbocycles. The van der Waals surface area contributed by atoms with Crippen LogP contribution in [0.15, 0.2) is 22.7 Å². The minimum atomic E-state index is -4.33. The van der Waals surface area contributed by atoms with Crippen molar-refractivity contribution in [2.75, 3.05) is 24.5 Å². The van der Waals surface area contributed by atoms with Gasteiger partial charge in [-0.05, 0) is 37.1 Å². The van der Waals surface area contributed by atoms with Crippen LogP contribution in [0.3, 0.4) is 0 Å². The largest absolute Gasteiger partial charge is 0.418 e. The standard InChI is InChI=1S/C15H20BrF3N2/c1-3-20-13-6-7-21(9-10(13)2)14-5-4-11(16)8-12(14)15(17,18)19/h4-5,8,10,13,20H,3,6-7,9H2,1-2H3. The summed E-state index contributed by atoms with van der Waals surface area (Å²) in [6.45, 7) is 6.32. The van der Waals surface area contributed by atoms with Crippen LogP contribution in [0.25, 0.3) is 0 Å². The lowest BCUT2D eigenvalue weighted by atomic mass is 9.93. The van der Waals surface area contributed by atoms with Gasteiger partial charge < -0.3 is 10.2 Å². The fraction of sp³-hybridized carbons (Fsp3) is 0.600. The first-order chi connectivity index (χ1) is 9.82. The summed E-state index contributed by atoms with van der Waals surface area (Å²) in [5.41, 5.74) is -0.279. The molecular formula is C15H20BrF3N2. The van der Waals surface area contributed by atoms with Gasteiger partial charge in [-0.1, -0.05) is 29.8 Å². The maximum Gasteiger partial charge on any atom is 0.418 e. The molecule has 0 spiro atoms. The van der Waals surface area contributed by atoms with Crippen molar-refractivity contribution in [3.63, 3.8) is 0 Å². The zero-order valence-corrected chi connectivity index (χ0v) is 13.8. The summed E-state index contributed by atoms with van der Waals surface area (Å²) in [6, 6.07) is 4.78. The molecule has 1 fully saturated rings. The van der Waals surface area contributed by atoms with Crippen molar-refractivity contribution < 1.29 is 13.2 Å². The van der Waals surface area contributed by atoms with Crippen molar-refractivity contribution in [3.8, 4) is 0 Å². The summed E-state index contributed by atoms with van der Waals surface area (Å²) >= 11 is 3.13. The monoisotopic (exact) mass is 364 g/mol. The number of nitrogens with zero attached hydrogens (tertiary/aromatic N) is 1. The van der Waals surface area contributed by atoms with Gasteiger partial charge in [0.05, 0.1) is 5.56 Å². The zero-order valence-electron chi connectivity index (χ0n) is 12.2. The first kappa shape index (κ1) is 16.6. The zero-order chi connectivity index (χ0) is 15.6. The van der Waals surface area contributed by atoms with Crippen molar-refractivity contribution >= 4 is 21.6 Å². The molecule has 1 aliphatic rings. The van der Waals surface area contributed by atoms with Gasteiger partial charge in [-0.3, -0.25) is 0 Å². The summed E-state index contributed by atoms with van der Waals surface area (Å²) in [5.74, 6) is 0.323. The smallest absolute Gasteiger partial charge is 0.371 e. The number of anilines is 1. The van der Waals surface area contributed by atoms with Gasteiger partial charge in [0.25, 0.3) is 0 Å². The second-order valence-electron chi connectivity index (χ2n) is 5.54. The Hall–Kier alpha value is -0.750. The normalized spacial score (nSPS) is 23.4. The van der Waals surface area contributed by atoms with Gasteiger partial charge in [0, 0.05) is 29.3 Å². The highest BCUT2D eigenvalue weighted by Gasteiger charge is 2.36. The van der Waals surface area contributed by atoms with Crippen LogP contribution in [-0.4, -0.2) is 25.7 Å². The molecule has 1 N–H and O–H groups in total. The molecule has 21 heavy (non-hydrogen) atoms. The van der Waals surface area contributed by atoms with E-state index in [0.717, 1.165) is 19.0 Å². The molecule has 0 aromatic heterocycles. The molecule has 2 nitrogen and oxygen atoms in total. The number of alkyl halides is 3. The predicted octanol–water partition coefficient (Wildman–Crippen LogP) is 4.29. The molecule has 118 valence electrons. The lowest BCUT2D eigenvalue weighted by molar-refractivity contribution is -0.137. The number of hydrogen-bond donors (Lipinski definition) is 1. The molecule has 1 aromatic rings. The highest BCUT2D eigenvalue weighted by Crippen LogP contribution is 2.39. The van der Waals surface area contributed by atoms with Gasteiger partial charge in [-0.15, -0.1) is 0 Å². The molecule has 2 atom stereocenters. The average molecular weight is 365 g/mol. The van der Waals surface area contributed by atoms with Gasteiger partial charge in [-0.2, -0.15) is 13.2 Å². The van der Waals surface area contributed by atoms with Crippen molar-refractivity contribution in [2.45, 2.75) is 32.5 Å². The van der Waals surface area contributed by atoms with E-state index in [4.69, 9.17) is 0 Å². The van der Waals surface area contributed by atoms with Crippen LogP contribution in [0, 0.1) is 5.92 Å². The Morgan fingerprint density at radius 1 is 1.38 bits per heavy atom. The topological polar surface area (TPSA) is 15.3 Å². The minimum Gasteiger partial charge on any atom is -0.371 e. The number of rotatable bonds is 3. The van der Waals surface area contributed by atoms with Crippen LogP contribution in [0.4, 0.5) is 18.9 Å². The molecule has 0 bridgehead atoms. The Labute approximate surface area is 131 Å². The molecular weight excluding hydrogens is 345 g/mol. The third-order valence-corrected chi connectivity index (χ3v) is 4.47. The van der Waals surface area contributed by atoms with E-state index < -0.39 is 11.7 Å². The molecule has 6 heteroatoms. The molecule has 1 saturated heterocycles. The molecule has 0 amide bonds. The van der Waals surface area contributed by atoms with E-state index in [2.05, 4.69) is 35.1 Å². The van der Waals surface area contributed by atoms with E-state index >= 15 is 0 Å². The summed E-state index contributed by atoms with van der Waals surface area (Å²) in [5, 5.41) is 3.40. The van der Waals surface area contributed by atoms with Crippen molar-refractivity contribution in [1.82, 2.24) is 5.32 Å². The summed E-state index contributed by atoms with van der Waals surface area (Å²) in [6.07, 6.45) is -3.47. The Kier molecular flexibility index (Phi) is 5.20. The van der Waals surface area contributed by atoms with E-state index in [1.54, 1.807) is 12.1 Å². The number of halogens is 4. The van der Waals surface area contributed by atoms with Crippen LogP contribution < -0.4 is 10.2 Å². The van der Waals surface area contributed by atoms with Crippen LogP contribution in [0.2, 0.25) is 0 Å². The number of piperidine rings is 1. The van der Waals surface area contributed by atoms with Crippen LogP contribution >= 0.6 is 15.9 Å². The van der Waals surface area contributed by atoms with Crippen molar-refractivity contribution in [3.05, 3.63) is 28.2 Å². The van der Waals surface area contributed by atoms with Gasteiger partial charge in [0.2, 0.25) is 0 Å². The van der Waals surface area contributed by atoms with Crippen LogP contribution in [-0.2, 0) is 6.18 Å². The van der Waals surface area contributed by atoms with Crippen LogP contribution in [0.5, 0.6) is 0 Å². The number of nitrogens with one attached hydrogen (secondary N) is 1. The SMILES string of the molecule is CCNC1CCN(c2ccc(Br)cc2C(F)(F)F)CC1C. The molecule has 1 aliphatic heterocycles. The van der Waals surface area contributed by atoms with Crippen molar-refractivity contribution in [2.24, 2.45) is 5.92 Å². The molecule has 0 radical (unpaired) electrons. The highest BCUT2D eigenvalue weighted by atomic mass is 79.9. The molecule has 2 unspecified atom stereocenters. The summed E-state index contributed by atoms with van der Waals surface area (Å²) in [7, 11) is 0. The molecule has 0 saturated carbocycles. The Morgan fingerprint density at radius 2 is 2.10 bits per heavy atom. The maximum atomic E-state index is 13.2. The fourth-order valence-corrected chi connectivity index (χ4v) is 3.30. The maximum absolute atomic E-state index is 13.2. The van der Waals surface area contributed by atoms with Gasteiger partial charge >= 0.3 is 6.18 Å². The molecule has 1 heterocycles. The van der Waals surface area contributed by atoms with Crippen molar-refractivity contribution in [1.29, 1.82) is 0 Å². The van der Waals surface area contributed by atoms with E-state index in [0.29, 0.717) is 29.5 Å². The third-order valence-electron chi connectivity index (χ3n) is 3.98. The van der Waals surface area contributed by atoms with E-state index in [-0.39, 0.29) is 5.69 Å². The lowest BCUT2D eigenvalue weighted by Crippen LogP contribution is -2.48. The van der Waals surface area contributed by atoms with E-state index in [1.807, 2.05) is 4.90 Å². The van der Waals surface area contributed by atoms with Crippen LogP contribution in [0.1, 0.15) is 25.8 Å². The lowest BCUT2D eigenvalue weighted by Gasteiger charge is -2.39. The second kappa shape index (κ2) is 6.57. The van der Waals surface area contributed by atoms with Gasteiger partial charge in [0.1, 0.15) is 0 Å². The second-order valence-corrected chi connectivity index (χ2v) is 6.45. The van der Waals surface area contributed by atoms with Gasteiger partial charge in [-0.25, -0.2) is 0 Å². The minimum absolute atomic E-state index is 0.285. The quantitative estimate of drug-likeness (QED) is 0.860. The van der Waals surface area contributed by atoms with Gasteiger partial charge in [0.15, 0.2) is 0 Å². The summed E-state index contributed by atoms with van der Waals surface area (Å²) in [4.78, 5) is 1.85. The third kappa shape index (κ3) is 3.92. The highest BCUT2D eigenvalue weighted by molar-refractivity contribution is 9.10. The summed E-state index contributed by atoms with van der Waals surface area (Å²) < 4.78 is 40.1. The molecule has 1 aromatic carbocycles. The number of benzene rings is 1. The Morgan fingerprint density at radius 3 is 2.67 bits per heavy atom. The molecule has 2 rings (SSSR count). The average Bonchev–Trinajstić information content (AvgIpc) is 2.40. The Bertz CT molecular complexity index is 490. The van der Waals surface area contributed by atoms with E-state index in [9.17, 15) is 13.2 Å². The number of hydrogen-bond acceptors (Lipinski definition) is 2. The predicted molar refractivity (Wildman–Crippen MR) is 82.6 cm³/mol.